The summed E-state index contributed by atoms with van der Waals surface area (Å²) in [5.74, 6) is 14.1. The van der Waals surface area contributed by atoms with Crippen molar-refractivity contribution in [3.05, 3.63) is 87.5 Å². The van der Waals surface area contributed by atoms with Gasteiger partial charge in [0.15, 0.2) is 0 Å². The predicted octanol–water partition coefficient (Wildman–Crippen LogP) is 21.6. The van der Waals surface area contributed by atoms with Crippen molar-refractivity contribution >= 4 is 11.4 Å². The minimum absolute atomic E-state index is 0.853. The molecule has 0 aliphatic carbocycles. The van der Waals surface area contributed by atoms with Crippen molar-refractivity contribution in [1.29, 1.82) is 0 Å². The van der Waals surface area contributed by atoms with E-state index < -0.39 is 0 Å². The van der Waals surface area contributed by atoms with Gasteiger partial charge in [0.25, 0.3) is 0 Å². The van der Waals surface area contributed by atoms with Gasteiger partial charge in [0, 0.05) is 48.0 Å². The summed E-state index contributed by atoms with van der Waals surface area (Å²) in [6, 6.07) is 17.7. The maximum absolute atomic E-state index is 12.6. The van der Waals surface area contributed by atoms with Crippen LogP contribution in [0.4, 0.5) is 0 Å². The lowest BCUT2D eigenvalue weighted by Crippen LogP contribution is -2.06. The summed E-state index contributed by atoms with van der Waals surface area (Å²) in [4.78, 5) is 0. The highest BCUT2D eigenvalue weighted by Gasteiger charge is 2.36. The molecule has 0 aromatic heterocycles. The zero-order valence-corrected chi connectivity index (χ0v) is 45.2. The fourth-order valence-electron chi connectivity index (χ4n) is 10.3. The van der Waals surface area contributed by atoms with Crippen LogP contribution >= 0.6 is 0 Å². The van der Waals surface area contributed by atoms with Gasteiger partial charge in [-0.1, -0.05) is 257 Å². The SMILES string of the molecule is CCCCCCCCCCCCCCCCC#CCCc1ccccc1C1=C(CCCC)C(CCCCCC)=C(c2ccccc2CCC#CCCCCCCCCCCCCCCCC)[N+]1=[N-]. The first-order chi connectivity index (χ1) is 33.7. The van der Waals surface area contributed by atoms with E-state index in [1.54, 1.807) is 4.70 Å². The van der Waals surface area contributed by atoms with Gasteiger partial charge in [0.05, 0.1) is 0 Å². The second kappa shape index (κ2) is 41.4. The van der Waals surface area contributed by atoms with E-state index in [0.717, 1.165) is 82.0 Å². The van der Waals surface area contributed by atoms with Crippen LogP contribution in [-0.2, 0) is 12.8 Å². The van der Waals surface area contributed by atoms with E-state index in [9.17, 15) is 5.53 Å². The Kier molecular flexibility index (Phi) is 35.9. The molecular formula is C66H104N2. The second-order valence-corrected chi connectivity index (χ2v) is 20.6. The number of allylic oxidation sites excluding steroid dienone is 2. The molecule has 0 amide bonds. The van der Waals surface area contributed by atoms with E-state index in [1.165, 1.54) is 232 Å². The Morgan fingerprint density at radius 2 is 0.588 bits per heavy atom. The third kappa shape index (κ3) is 25.5. The molecular weight excluding hydrogens is 821 g/mol. The summed E-state index contributed by atoms with van der Waals surface area (Å²) in [7, 11) is 0. The lowest BCUT2D eigenvalue weighted by Gasteiger charge is -2.14. The molecule has 378 valence electrons. The number of nitrogens with zero attached hydrogens (tertiary/aromatic N) is 2. The molecule has 1 heterocycles. The summed E-state index contributed by atoms with van der Waals surface area (Å²) in [5, 5.41) is 0. The lowest BCUT2D eigenvalue weighted by atomic mass is 9.89. The van der Waals surface area contributed by atoms with Crippen molar-refractivity contribution in [3.63, 3.8) is 0 Å². The molecule has 0 bridgehead atoms. The molecule has 68 heavy (non-hydrogen) atoms. The zero-order chi connectivity index (χ0) is 48.4. The molecule has 0 fully saturated rings. The number of hydrogen-bond acceptors (Lipinski definition) is 0. The van der Waals surface area contributed by atoms with Crippen molar-refractivity contribution in [3.8, 4) is 23.7 Å². The maximum atomic E-state index is 12.6. The molecule has 3 rings (SSSR count). The summed E-state index contributed by atoms with van der Waals surface area (Å²) >= 11 is 0. The second-order valence-electron chi connectivity index (χ2n) is 20.6. The first-order valence-electron chi connectivity index (χ1n) is 29.7. The van der Waals surface area contributed by atoms with Crippen LogP contribution in [0.15, 0.2) is 59.7 Å². The van der Waals surface area contributed by atoms with Crippen LogP contribution < -0.4 is 0 Å². The highest BCUT2D eigenvalue weighted by Crippen LogP contribution is 2.46. The van der Waals surface area contributed by atoms with Gasteiger partial charge >= 0.3 is 0 Å². The summed E-state index contributed by atoms with van der Waals surface area (Å²) in [6.07, 6.45) is 53.5. The van der Waals surface area contributed by atoms with Crippen molar-refractivity contribution in [2.24, 2.45) is 0 Å². The molecule has 1 aliphatic rings. The normalized spacial score (nSPS) is 12.5. The monoisotopic (exact) mass is 925 g/mol. The number of benzene rings is 2. The largest absolute Gasteiger partial charge is 0.493 e. The number of hydrogen-bond donors (Lipinski definition) is 0. The van der Waals surface area contributed by atoms with Crippen molar-refractivity contribution in [2.75, 3.05) is 0 Å². The minimum atomic E-state index is 0.853. The number of rotatable bonds is 42. The topological polar surface area (TPSA) is 25.3 Å². The quantitative estimate of drug-likeness (QED) is 0.0360. The Balaban J connectivity index is 1.55. The summed E-state index contributed by atoms with van der Waals surface area (Å²) in [6.45, 7) is 9.18. The van der Waals surface area contributed by atoms with Crippen LogP contribution in [0, 0.1) is 23.7 Å². The number of aryl methyl sites for hydroxylation is 2. The van der Waals surface area contributed by atoms with Gasteiger partial charge in [0.1, 0.15) is 0 Å². The third-order valence-corrected chi connectivity index (χ3v) is 14.6. The fraction of sp³-hybridized carbons (Fsp3) is 0.697. The van der Waals surface area contributed by atoms with E-state index in [0.29, 0.717) is 0 Å². The molecule has 0 atom stereocenters. The average Bonchev–Trinajstić information content (AvgIpc) is 3.63. The van der Waals surface area contributed by atoms with E-state index in [4.69, 9.17) is 0 Å². The Bertz CT molecular complexity index is 1780. The molecule has 0 spiro atoms. The smallest absolute Gasteiger partial charge is 0.211 e. The standard InChI is InChI=1S/C66H104N2/c1-5-9-13-16-18-20-22-24-26-28-30-32-34-36-38-40-42-44-51-59-53-47-49-56-61(59)65-63(55-12-8-4)64(58-46-15-11-7-3)66(68(65)67)62-57-50-48-54-60(62)52-45-43-41-39-37-35-33-31-29-27-25-23-21-19-17-14-10-6-2/h47-50,53-54,56-57H,5-39,44-46,51-52,55,58H2,1-4H3. The van der Waals surface area contributed by atoms with Crippen LogP contribution in [0.5, 0.6) is 0 Å². The number of unbranched alkanes of at least 4 members (excludes halogenated alkanes) is 32. The predicted molar refractivity (Wildman–Crippen MR) is 301 cm³/mol. The minimum Gasteiger partial charge on any atom is -0.493 e. The van der Waals surface area contributed by atoms with Crippen molar-refractivity contribution in [1.82, 2.24) is 0 Å². The van der Waals surface area contributed by atoms with Gasteiger partial charge < -0.3 is 5.53 Å². The molecule has 0 N–H and O–H groups in total. The fourth-order valence-corrected chi connectivity index (χ4v) is 10.3. The summed E-state index contributed by atoms with van der Waals surface area (Å²) < 4.78 is 1.61. The van der Waals surface area contributed by atoms with Gasteiger partial charge in [0.2, 0.25) is 11.4 Å². The Hall–Kier alpha value is -3.36. The van der Waals surface area contributed by atoms with Gasteiger partial charge in [-0.3, -0.25) is 0 Å². The highest BCUT2D eigenvalue weighted by atomic mass is 15.2. The molecule has 2 aromatic rings. The van der Waals surface area contributed by atoms with Crippen LogP contribution in [-0.4, -0.2) is 4.70 Å². The third-order valence-electron chi connectivity index (χ3n) is 14.6. The van der Waals surface area contributed by atoms with Crippen LogP contribution in [0.3, 0.4) is 0 Å². The maximum Gasteiger partial charge on any atom is 0.211 e. The van der Waals surface area contributed by atoms with E-state index in [2.05, 4.69) is 99.9 Å². The molecule has 0 saturated heterocycles. The Labute approximate surface area is 422 Å². The molecule has 0 saturated carbocycles. The van der Waals surface area contributed by atoms with Gasteiger partial charge in [-0.2, -0.15) is 0 Å². The van der Waals surface area contributed by atoms with Crippen LogP contribution in [0.1, 0.15) is 307 Å². The molecule has 1 aliphatic heterocycles. The first kappa shape index (κ1) is 59.0. The Morgan fingerprint density at radius 3 is 0.941 bits per heavy atom. The van der Waals surface area contributed by atoms with Crippen LogP contribution in [0.25, 0.3) is 16.9 Å². The van der Waals surface area contributed by atoms with E-state index in [-0.39, 0.29) is 0 Å². The van der Waals surface area contributed by atoms with Crippen molar-refractivity contribution < 1.29 is 4.70 Å². The van der Waals surface area contributed by atoms with E-state index in [1.807, 2.05) is 0 Å². The molecule has 2 heteroatoms. The van der Waals surface area contributed by atoms with Gasteiger partial charge in [-0.25, -0.2) is 4.70 Å². The lowest BCUT2D eigenvalue weighted by molar-refractivity contribution is -0.345. The molecule has 2 aromatic carbocycles. The highest BCUT2D eigenvalue weighted by molar-refractivity contribution is 5.83. The van der Waals surface area contributed by atoms with Gasteiger partial charge in [-0.05, 0) is 74.6 Å². The zero-order valence-electron chi connectivity index (χ0n) is 45.2. The Morgan fingerprint density at radius 1 is 0.309 bits per heavy atom. The first-order valence-corrected chi connectivity index (χ1v) is 29.7. The van der Waals surface area contributed by atoms with Gasteiger partial charge in [-0.15, -0.1) is 23.7 Å². The van der Waals surface area contributed by atoms with Crippen molar-refractivity contribution in [2.45, 2.75) is 297 Å². The molecule has 0 radical (unpaired) electrons. The summed E-state index contributed by atoms with van der Waals surface area (Å²) in [5.41, 5.74) is 22.2. The molecule has 0 unspecified atom stereocenters. The average molecular weight is 926 g/mol. The molecule has 2 nitrogen and oxygen atoms in total. The van der Waals surface area contributed by atoms with Crippen LogP contribution in [0.2, 0.25) is 0 Å². The van der Waals surface area contributed by atoms with E-state index >= 15 is 0 Å².